The predicted molar refractivity (Wildman–Crippen MR) is 122 cm³/mol. The van der Waals surface area contributed by atoms with Gasteiger partial charge >= 0.3 is 0 Å². The van der Waals surface area contributed by atoms with E-state index in [1.54, 1.807) is 23.1 Å². The number of hydrogen-bond donors (Lipinski definition) is 1. The van der Waals surface area contributed by atoms with Gasteiger partial charge in [0.05, 0.1) is 16.3 Å². The molecule has 0 saturated carbocycles. The zero-order chi connectivity index (χ0) is 22.9. The normalized spacial score (nSPS) is 15.0. The highest BCUT2D eigenvalue weighted by Crippen LogP contribution is 2.27. The average Bonchev–Trinajstić information content (AvgIpc) is 3.23. The summed E-state index contributed by atoms with van der Waals surface area (Å²) in [5.74, 6) is -0.917. The molecule has 1 N–H and O–H groups in total. The molecule has 32 heavy (non-hydrogen) atoms. The number of carbonyl (C=O) groups excluding carboxylic acids is 1. The zero-order valence-corrected chi connectivity index (χ0v) is 19.5. The van der Waals surface area contributed by atoms with E-state index in [2.05, 4.69) is 15.5 Å². The van der Waals surface area contributed by atoms with Crippen molar-refractivity contribution < 1.29 is 17.6 Å². The number of para-hydroxylation sites is 1. The number of rotatable bonds is 5. The fourth-order valence-electron chi connectivity index (χ4n) is 3.19. The Bertz CT molecular complexity index is 1260. The van der Waals surface area contributed by atoms with Gasteiger partial charge in [-0.15, -0.1) is 10.2 Å². The Hall–Kier alpha value is -2.31. The molecule has 1 saturated heterocycles. The van der Waals surface area contributed by atoms with Gasteiger partial charge in [0.1, 0.15) is 5.82 Å². The zero-order valence-electron chi connectivity index (χ0n) is 16.3. The van der Waals surface area contributed by atoms with Crippen LogP contribution in [0.3, 0.4) is 0 Å². The molecule has 0 spiro atoms. The number of nitrogens with one attached hydrogen (secondary N) is 1. The Morgan fingerprint density at radius 3 is 2.47 bits per heavy atom. The second-order valence-corrected chi connectivity index (χ2v) is 10.7. The lowest BCUT2D eigenvalue weighted by molar-refractivity contribution is 0.102. The van der Waals surface area contributed by atoms with Gasteiger partial charge in [-0.3, -0.25) is 10.1 Å². The maximum absolute atomic E-state index is 14.0. The van der Waals surface area contributed by atoms with Crippen LogP contribution in [0.2, 0.25) is 10.0 Å². The molecule has 168 valence electrons. The summed E-state index contributed by atoms with van der Waals surface area (Å²) in [7, 11) is -3.91. The first kappa shape index (κ1) is 22.9. The van der Waals surface area contributed by atoms with Gasteiger partial charge in [0.2, 0.25) is 9.47 Å². The molecule has 2 heterocycles. The summed E-state index contributed by atoms with van der Waals surface area (Å²) < 4.78 is 40.9. The van der Waals surface area contributed by atoms with E-state index in [9.17, 15) is 17.6 Å². The fraction of sp³-hybridized carbons (Fsp3) is 0.211. The van der Waals surface area contributed by atoms with Crippen LogP contribution in [0, 0.1) is 5.82 Å². The van der Waals surface area contributed by atoms with Crippen molar-refractivity contribution >= 4 is 61.3 Å². The quantitative estimate of drug-likeness (QED) is 0.520. The minimum atomic E-state index is -3.91. The number of hydrogen-bond acceptors (Lipinski definition) is 7. The Morgan fingerprint density at radius 1 is 1.06 bits per heavy atom. The molecule has 1 amide bonds. The molecule has 0 radical (unpaired) electrons. The topological polar surface area (TPSA) is 95.5 Å². The Labute approximate surface area is 197 Å². The molecule has 0 atom stereocenters. The highest BCUT2D eigenvalue weighted by molar-refractivity contribution is 7.91. The molecule has 8 nitrogen and oxygen atoms in total. The van der Waals surface area contributed by atoms with Crippen LogP contribution >= 0.6 is 34.5 Å². The van der Waals surface area contributed by atoms with Gasteiger partial charge in [0, 0.05) is 31.2 Å². The van der Waals surface area contributed by atoms with Crippen molar-refractivity contribution in [2.24, 2.45) is 0 Å². The molecule has 0 bridgehead atoms. The van der Waals surface area contributed by atoms with Crippen LogP contribution in [0.4, 0.5) is 15.2 Å². The molecular formula is C19H16Cl2FN5O3S2. The van der Waals surface area contributed by atoms with Crippen molar-refractivity contribution in [1.29, 1.82) is 0 Å². The van der Waals surface area contributed by atoms with E-state index < -0.39 is 15.9 Å². The maximum Gasteiger partial charge on any atom is 0.272 e. The molecule has 4 rings (SSSR count). The molecule has 0 aliphatic carbocycles. The standard InChI is InChI=1S/C19H16Cl2FN5O3S2/c20-12-5-6-13(14(21)11-12)17(28)23-18-24-25-19(31-18)32(29,30)27-9-7-26(8-10-27)16-4-2-1-3-15(16)22/h1-6,11H,7-10H2,(H,23,24,28). The van der Waals surface area contributed by atoms with Crippen molar-refractivity contribution in [3.05, 3.63) is 63.9 Å². The van der Waals surface area contributed by atoms with Crippen LogP contribution in [-0.2, 0) is 10.0 Å². The number of aromatic nitrogens is 2. The summed E-state index contributed by atoms with van der Waals surface area (Å²) in [6.07, 6.45) is 0. The monoisotopic (exact) mass is 515 g/mol. The highest BCUT2D eigenvalue weighted by atomic mass is 35.5. The predicted octanol–water partition coefficient (Wildman–Crippen LogP) is 3.75. The summed E-state index contributed by atoms with van der Waals surface area (Å²) in [4.78, 5) is 14.2. The second-order valence-electron chi connectivity index (χ2n) is 6.79. The number of sulfonamides is 1. The lowest BCUT2D eigenvalue weighted by Gasteiger charge is -2.34. The minimum absolute atomic E-state index is 0.0181. The lowest BCUT2D eigenvalue weighted by atomic mass is 10.2. The van der Waals surface area contributed by atoms with E-state index >= 15 is 0 Å². The summed E-state index contributed by atoms with van der Waals surface area (Å²) in [5, 5.41) is 10.5. The molecule has 2 aromatic carbocycles. The highest BCUT2D eigenvalue weighted by Gasteiger charge is 2.32. The Balaban J connectivity index is 1.43. The number of benzene rings is 2. The van der Waals surface area contributed by atoms with Crippen molar-refractivity contribution in [2.45, 2.75) is 4.34 Å². The van der Waals surface area contributed by atoms with Crippen LogP contribution in [0.5, 0.6) is 0 Å². The van der Waals surface area contributed by atoms with Crippen molar-refractivity contribution in [3.63, 3.8) is 0 Å². The van der Waals surface area contributed by atoms with Crippen molar-refractivity contribution in [3.8, 4) is 0 Å². The number of carbonyl (C=O) groups is 1. The third kappa shape index (κ3) is 4.71. The molecule has 3 aromatic rings. The molecule has 1 aliphatic heterocycles. The first-order valence-electron chi connectivity index (χ1n) is 9.35. The summed E-state index contributed by atoms with van der Waals surface area (Å²) >= 11 is 12.6. The SMILES string of the molecule is O=C(Nc1nnc(S(=O)(=O)N2CCN(c3ccccc3F)CC2)s1)c1ccc(Cl)cc1Cl. The number of piperazine rings is 1. The van der Waals surface area contributed by atoms with Crippen LogP contribution < -0.4 is 10.2 Å². The summed E-state index contributed by atoms with van der Waals surface area (Å²) in [6, 6.07) is 10.8. The van der Waals surface area contributed by atoms with E-state index in [0.29, 0.717) is 23.8 Å². The number of amides is 1. The van der Waals surface area contributed by atoms with Gasteiger partial charge in [0.15, 0.2) is 0 Å². The van der Waals surface area contributed by atoms with E-state index in [1.165, 1.54) is 28.6 Å². The van der Waals surface area contributed by atoms with Crippen LogP contribution in [0.1, 0.15) is 10.4 Å². The van der Waals surface area contributed by atoms with Gasteiger partial charge < -0.3 is 4.90 Å². The van der Waals surface area contributed by atoms with Crippen molar-refractivity contribution in [2.75, 3.05) is 36.4 Å². The third-order valence-electron chi connectivity index (χ3n) is 4.80. The second kappa shape index (κ2) is 9.28. The van der Waals surface area contributed by atoms with Gasteiger partial charge in [-0.2, -0.15) is 4.31 Å². The molecule has 1 aliphatic rings. The lowest BCUT2D eigenvalue weighted by Crippen LogP contribution is -2.48. The van der Waals surface area contributed by atoms with Crippen LogP contribution in [0.25, 0.3) is 0 Å². The van der Waals surface area contributed by atoms with Gasteiger partial charge in [0.25, 0.3) is 15.9 Å². The van der Waals surface area contributed by atoms with E-state index in [1.807, 2.05) is 0 Å². The molecule has 1 fully saturated rings. The number of nitrogens with zero attached hydrogens (tertiary/aromatic N) is 4. The summed E-state index contributed by atoms with van der Waals surface area (Å²) in [6.45, 7) is 0.992. The first-order chi connectivity index (χ1) is 15.3. The van der Waals surface area contributed by atoms with Gasteiger partial charge in [-0.1, -0.05) is 46.7 Å². The van der Waals surface area contributed by atoms with Gasteiger partial charge in [-0.05, 0) is 30.3 Å². The van der Waals surface area contributed by atoms with E-state index in [-0.39, 0.29) is 39.0 Å². The average molecular weight is 516 g/mol. The Kier molecular flexibility index (Phi) is 6.63. The largest absolute Gasteiger partial charge is 0.367 e. The molecule has 13 heteroatoms. The fourth-order valence-corrected chi connectivity index (χ4v) is 6.14. The van der Waals surface area contributed by atoms with Crippen LogP contribution in [0.15, 0.2) is 46.8 Å². The smallest absolute Gasteiger partial charge is 0.272 e. The summed E-state index contributed by atoms with van der Waals surface area (Å²) in [5.41, 5.74) is 0.603. The number of anilines is 2. The van der Waals surface area contributed by atoms with Crippen molar-refractivity contribution in [1.82, 2.24) is 14.5 Å². The number of halogens is 3. The molecule has 1 aromatic heterocycles. The van der Waals surface area contributed by atoms with Crippen LogP contribution in [-0.4, -0.2) is 55.0 Å². The minimum Gasteiger partial charge on any atom is -0.367 e. The third-order valence-corrected chi connectivity index (χ3v) is 8.43. The Morgan fingerprint density at radius 2 is 1.78 bits per heavy atom. The maximum atomic E-state index is 14.0. The van der Waals surface area contributed by atoms with E-state index in [0.717, 1.165) is 11.3 Å². The molecule has 0 unspecified atom stereocenters. The van der Waals surface area contributed by atoms with Gasteiger partial charge in [-0.25, -0.2) is 12.8 Å². The van der Waals surface area contributed by atoms with E-state index in [4.69, 9.17) is 23.2 Å². The molecular weight excluding hydrogens is 500 g/mol. The first-order valence-corrected chi connectivity index (χ1v) is 12.4.